The highest BCUT2D eigenvalue weighted by Gasteiger charge is 2.26. The van der Waals surface area contributed by atoms with E-state index in [0.29, 0.717) is 25.9 Å². The molecule has 0 saturated carbocycles. The first-order valence-electron chi connectivity index (χ1n) is 8.31. The number of hydrogen-bond donors (Lipinski definition) is 0. The Morgan fingerprint density at radius 3 is 2.80 bits per heavy atom. The van der Waals surface area contributed by atoms with Gasteiger partial charge in [0.25, 0.3) is 0 Å². The summed E-state index contributed by atoms with van der Waals surface area (Å²) in [4.78, 5) is 23.6. The van der Waals surface area contributed by atoms with E-state index in [0.717, 1.165) is 16.8 Å². The molecule has 0 N–H and O–H groups in total. The molecule has 0 saturated heterocycles. The molecule has 1 aromatic heterocycles. The Bertz CT molecular complexity index is 747. The van der Waals surface area contributed by atoms with Gasteiger partial charge in [0.2, 0.25) is 5.91 Å². The van der Waals surface area contributed by atoms with Gasteiger partial charge in [-0.1, -0.05) is 24.2 Å². The van der Waals surface area contributed by atoms with E-state index in [-0.39, 0.29) is 17.8 Å². The van der Waals surface area contributed by atoms with Crippen LogP contribution >= 0.6 is 0 Å². The van der Waals surface area contributed by atoms with Crippen LogP contribution in [0, 0.1) is 5.82 Å². The Hall–Kier alpha value is -2.76. The van der Waals surface area contributed by atoms with Crippen LogP contribution in [0.2, 0.25) is 0 Å². The van der Waals surface area contributed by atoms with E-state index in [2.05, 4.69) is 10.1 Å². The third-order valence-electron chi connectivity index (χ3n) is 4.09. The van der Waals surface area contributed by atoms with Crippen LogP contribution in [0.3, 0.4) is 0 Å². The van der Waals surface area contributed by atoms with E-state index in [9.17, 15) is 9.18 Å². The standard InChI is InChI=1S/C19H20FN3O2/c1-2-19(24)23(12-14-5-7-16(20)8-6-14)13-17-10-18(22-25-17)15-4-3-9-21-11-15/h3-9,11,17H,2,10,12-13H2,1H3/t17-/m1/s1. The van der Waals surface area contributed by atoms with Crippen molar-refractivity contribution in [3.8, 4) is 0 Å². The van der Waals surface area contributed by atoms with Crippen molar-refractivity contribution < 1.29 is 14.0 Å². The molecule has 1 atom stereocenters. The molecular weight excluding hydrogens is 321 g/mol. The van der Waals surface area contributed by atoms with Crippen LogP contribution in [0.25, 0.3) is 0 Å². The Kier molecular flexibility index (Phi) is 5.38. The van der Waals surface area contributed by atoms with Gasteiger partial charge in [-0.25, -0.2) is 4.39 Å². The number of nitrogens with zero attached hydrogens (tertiary/aromatic N) is 3. The first kappa shape index (κ1) is 17.1. The lowest BCUT2D eigenvalue weighted by atomic mass is 10.1. The lowest BCUT2D eigenvalue weighted by Crippen LogP contribution is -2.36. The van der Waals surface area contributed by atoms with Gasteiger partial charge in [0.15, 0.2) is 6.10 Å². The number of halogens is 1. The molecule has 0 spiro atoms. The van der Waals surface area contributed by atoms with Crippen LogP contribution < -0.4 is 0 Å². The summed E-state index contributed by atoms with van der Waals surface area (Å²) < 4.78 is 13.1. The van der Waals surface area contributed by atoms with Crippen molar-refractivity contribution in [3.05, 3.63) is 65.7 Å². The van der Waals surface area contributed by atoms with E-state index in [1.54, 1.807) is 29.4 Å². The van der Waals surface area contributed by atoms with Gasteiger partial charge in [-0.05, 0) is 29.8 Å². The summed E-state index contributed by atoms with van der Waals surface area (Å²) in [7, 11) is 0. The fraction of sp³-hybridized carbons (Fsp3) is 0.316. The van der Waals surface area contributed by atoms with Crippen molar-refractivity contribution >= 4 is 11.6 Å². The second kappa shape index (κ2) is 7.88. The molecule has 0 bridgehead atoms. The SMILES string of the molecule is CCC(=O)N(Cc1ccc(F)cc1)C[C@H]1CC(c2cccnc2)=NO1. The molecule has 1 amide bonds. The Morgan fingerprint density at radius 1 is 1.32 bits per heavy atom. The first-order chi connectivity index (χ1) is 12.2. The first-order valence-corrected chi connectivity index (χ1v) is 8.31. The lowest BCUT2D eigenvalue weighted by molar-refractivity contribution is -0.133. The summed E-state index contributed by atoms with van der Waals surface area (Å²) in [6.45, 7) is 2.69. The van der Waals surface area contributed by atoms with Crippen LogP contribution in [0.4, 0.5) is 4.39 Å². The van der Waals surface area contributed by atoms with Crippen molar-refractivity contribution in [1.82, 2.24) is 9.88 Å². The summed E-state index contributed by atoms with van der Waals surface area (Å²) in [5, 5.41) is 4.13. The minimum atomic E-state index is -0.286. The molecular formula is C19H20FN3O2. The quantitative estimate of drug-likeness (QED) is 0.811. The summed E-state index contributed by atoms with van der Waals surface area (Å²) in [6.07, 6.45) is 4.30. The van der Waals surface area contributed by atoms with E-state index in [1.165, 1.54) is 12.1 Å². The Balaban J connectivity index is 1.63. The van der Waals surface area contributed by atoms with Gasteiger partial charge in [0.05, 0.1) is 12.3 Å². The molecule has 2 heterocycles. The maximum absolute atomic E-state index is 13.1. The van der Waals surface area contributed by atoms with E-state index < -0.39 is 0 Å². The zero-order valence-electron chi connectivity index (χ0n) is 14.1. The fourth-order valence-corrected chi connectivity index (χ4v) is 2.76. The van der Waals surface area contributed by atoms with Crippen LogP contribution in [0.5, 0.6) is 0 Å². The van der Waals surface area contributed by atoms with Crippen molar-refractivity contribution in [2.45, 2.75) is 32.4 Å². The van der Waals surface area contributed by atoms with Crippen molar-refractivity contribution in [2.75, 3.05) is 6.54 Å². The molecule has 1 aliphatic heterocycles. The highest BCUT2D eigenvalue weighted by molar-refractivity contribution is 6.01. The molecule has 2 aromatic rings. The molecule has 130 valence electrons. The van der Waals surface area contributed by atoms with Gasteiger partial charge >= 0.3 is 0 Å². The number of carbonyl (C=O) groups is 1. The largest absolute Gasteiger partial charge is 0.390 e. The zero-order valence-corrected chi connectivity index (χ0v) is 14.1. The number of benzene rings is 1. The maximum atomic E-state index is 13.1. The predicted octanol–water partition coefficient (Wildman–Crippen LogP) is 3.15. The van der Waals surface area contributed by atoms with Gasteiger partial charge in [-0.3, -0.25) is 9.78 Å². The summed E-state index contributed by atoms with van der Waals surface area (Å²) >= 11 is 0. The number of carbonyl (C=O) groups excluding carboxylic acids is 1. The molecule has 0 fully saturated rings. The van der Waals surface area contributed by atoms with E-state index in [4.69, 9.17) is 4.84 Å². The Labute approximate surface area is 146 Å². The number of oxime groups is 1. The van der Waals surface area contributed by atoms with E-state index >= 15 is 0 Å². The topological polar surface area (TPSA) is 54.8 Å². The number of pyridine rings is 1. The number of hydrogen-bond acceptors (Lipinski definition) is 4. The third-order valence-corrected chi connectivity index (χ3v) is 4.09. The van der Waals surface area contributed by atoms with Crippen LogP contribution in [0.1, 0.15) is 30.9 Å². The number of rotatable bonds is 6. The zero-order chi connectivity index (χ0) is 17.6. The summed E-state index contributed by atoms with van der Waals surface area (Å²) in [5.74, 6) is -0.256. The van der Waals surface area contributed by atoms with Gasteiger partial charge < -0.3 is 9.74 Å². The lowest BCUT2D eigenvalue weighted by Gasteiger charge is -2.24. The minimum absolute atomic E-state index is 0.0303. The molecule has 5 nitrogen and oxygen atoms in total. The highest BCUT2D eigenvalue weighted by atomic mass is 19.1. The molecule has 0 radical (unpaired) electrons. The average molecular weight is 341 g/mol. The van der Waals surface area contributed by atoms with Crippen molar-refractivity contribution in [3.63, 3.8) is 0 Å². The predicted molar refractivity (Wildman–Crippen MR) is 92.4 cm³/mol. The van der Waals surface area contributed by atoms with Crippen LogP contribution in [0.15, 0.2) is 53.9 Å². The van der Waals surface area contributed by atoms with Crippen molar-refractivity contribution in [1.29, 1.82) is 0 Å². The molecule has 1 aromatic carbocycles. The van der Waals surface area contributed by atoms with Crippen LogP contribution in [-0.2, 0) is 16.2 Å². The summed E-state index contributed by atoms with van der Waals surface area (Å²) in [6, 6.07) is 9.98. The Morgan fingerprint density at radius 2 is 2.12 bits per heavy atom. The fourth-order valence-electron chi connectivity index (χ4n) is 2.76. The molecule has 3 rings (SSSR count). The smallest absolute Gasteiger partial charge is 0.222 e. The van der Waals surface area contributed by atoms with Gasteiger partial charge in [-0.2, -0.15) is 0 Å². The molecule has 6 heteroatoms. The molecule has 0 unspecified atom stereocenters. The van der Waals surface area contributed by atoms with Crippen molar-refractivity contribution in [2.24, 2.45) is 5.16 Å². The highest BCUT2D eigenvalue weighted by Crippen LogP contribution is 2.18. The van der Waals surface area contributed by atoms with Gasteiger partial charge in [-0.15, -0.1) is 0 Å². The van der Waals surface area contributed by atoms with Gasteiger partial charge in [0.1, 0.15) is 5.82 Å². The summed E-state index contributed by atoms with van der Waals surface area (Å²) in [5.41, 5.74) is 2.65. The minimum Gasteiger partial charge on any atom is -0.390 e. The van der Waals surface area contributed by atoms with Gasteiger partial charge in [0, 0.05) is 37.3 Å². The second-order valence-electron chi connectivity index (χ2n) is 5.97. The third kappa shape index (κ3) is 4.41. The van der Waals surface area contributed by atoms with Crippen LogP contribution in [-0.4, -0.2) is 34.2 Å². The second-order valence-corrected chi connectivity index (χ2v) is 5.97. The monoisotopic (exact) mass is 341 g/mol. The van der Waals surface area contributed by atoms with E-state index in [1.807, 2.05) is 19.1 Å². The average Bonchev–Trinajstić information content (AvgIpc) is 3.11. The normalized spacial score (nSPS) is 16.2. The molecule has 0 aliphatic carbocycles. The number of amides is 1. The molecule has 1 aliphatic rings. The molecule has 25 heavy (non-hydrogen) atoms. The maximum Gasteiger partial charge on any atom is 0.222 e. The number of aromatic nitrogens is 1.